The van der Waals surface area contributed by atoms with Crippen molar-refractivity contribution in [2.45, 2.75) is 39.1 Å². The van der Waals surface area contributed by atoms with Crippen molar-refractivity contribution in [3.05, 3.63) is 88.5 Å². The number of rotatable bonds is 8. The third-order valence-electron chi connectivity index (χ3n) is 5.47. The quantitative estimate of drug-likeness (QED) is 0.519. The first-order chi connectivity index (χ1) is 15.6. The van der Waals surface area contributed by atoms with E-state index in [0.717, 1.165) is 22.3 Å². The average molecular weight is 467 g/mol. The second-order valence-electron chi connectivity index (χ2n) is 8.21. The third-order valence-corrected chi connectivity index (χ3v) is 7.25. The van der Waals surface area contributed by atoms with Crippen LogP contribution in [0.1, 0.15) is 27.8 Å². The van der Waals surface area contributed by atoms with E-state index < -0.39 is 15.9 Å². The number of carbonyl (C=O) groups is 1. The summed E-state index contributed by atoms with van der Waals surface area (Å²) in [6, 6.07) is 17.9. The average Bonchev–Trinajstić information content (AvgIpc) is 2.76. The molecule has 0 aliphatic heterocycles. The van der Waals surface area contributed by atoms with Crippen molar-refractivity contribution in [3.63, 3.8) is 0 Å². The van der Waals surface area contributed by atoms with E-state index in [-0.39, 0.29) is 18.0 Å². The summed E-state index contributed by atoms with van der Waals surface area (Å²) in [4.78, 5) is 13.1. The number of methoxy groups -OCH3 is 1. The van der Waals surface area contributed by atoms with Crippen molar-refractivity contribution in [3.8, 4) is 5.75 Å². The van der Waals surface area contributed by atoms with Crippen LogP contribution in [0.3, 0.4) is 0 Å². The molecule has 0 bridgehead atoms. The lowest BCUT2D eigenvalue weighted by molar-refractivity contribution is -0.116. The van der Waals surface area contributed by atoms with Crippen LogP contribution < -0.4 is 10.1 Å². The molecule has 0 aliphatic carbocycles. The Balaban J connectivity index is 1.93. The minimum absolute atomic E-state index is 0.0769. The highest BCUT2D eigenvalue weighted by Crippen LogP contribution is 2.26. The summed E-state index contributed by atoms with van der Waals surface area (Å²) in [6.45, 7) is 7.40. The molecule has 0 spiro atoms. The van der Waals surface area contributed by atoms with Gasteiger partial charge in [0.2, 0.25) is 15.9 Å². The molecule has 0 unspecified atom stereocenters. The van der Waals surface area contributed by atoms with Crippen molar-refractivity contribution in [2.24, 2.45) is 0 Å². The second-order valence-corrected chi connectivity index (χ2v) is 10.1. The molecule has 0 radical (unpaired) electrons. The Morgan fingerprint density at radius 3 is 2.12 bits per heavy atom. The molecule has 1 amide bonds. The van der Waals surface area contributed by atoms with Crippen LogP contribution in [0.2, 0.25) is 0 Å². The summed E-state index contributed by atoms with van der Waals surface area (Å²) in [7, 11) is -2.40. The lowest BCUT2D eigenvalue weighted by Gasteiger charge is -2.23. The largest absolute Gasteiger partial charge is 0.496 e. The summed E-state index contributed by atoms with van der Waals surface area (Å²) >= 11 is 0. The Hall–Kier alpha value is -3.16. The molecule has 7 heteroatoms. The molecule has 6 nitrogen and oxygen atoms in total. The number of sulfonamides is 1. The molecule has 0 saturated carbocycles. The van der Waals surface area contributed by atoms with Crippen molar-refractivity contribution in [1.82, 2.24) is 4.31 Å². The lowest BCUT2D eigenvalue weighted by atomic mass is 10.1. The van der Waals surface area contributed by atoms with Gasteiger partial charge < -0.3 is 10.1 Å². The van der Waals surface area contributed by atoms with Gasteiger partial charge in [0.15, 0.2) is 0 Å². The fourth-order valence-corrected chi connectivity index (χ4v) is 5.36. The smallest absolute Gasteiger partial charge is 0.243 e. The Morgan fingerprint density at radius 1 is 0.909 bits per heavy atom. The van der Waals surface area contributed by atoms with Crippen LogP contribution in [-0.2, 0) is 21.4 Å². The number of nitrogens with zero attached hydrogens (tertiary/aromatic N) is 1. The van der Waals surface area contributed by atoms with E-state index in [1.165, 1.54) is 17.5 Å². The summed E-state index contributed by atoms with van der Waals surface area (Å²) < 4.78 is 33.6. The maximum atomic E-state index is 13.6. The number of hydrogen-bond acceptors (Lipinski definition) is 4. The number of hydrogen-bond donors (Lipinski definition) is 1. The highest BCUT2D eigenvalue weighted by molar-refractivity contribution is 7.89. The topological polar surface area (TPSA) is 75.7 Å². The Kier molecular flexibility index (Phi) is 7.56. The SMILES string of the molecule is COc1ccc(S(=O)(=O)N(CC(=O)Nc2c(C)cc(C)cc2C)Cc2ccccc2)cc1C. The molecule has 33 heavy (non-hydrogen) atoms. The van der Waals surface area contributed by atoms with Crippen LogP contribution >= 0.6 is 0 Å². The molecular weight excluding hydrogens is 436 g/mol. The van der Waals surface area contributed by atoms with Crippen LogP contribution in [0.4, 0.5) is 5.69 Å². The van der Waals surface area contributed by atoms with Gasteiger partial charge in [0, 0.05) is 12.2 Å². The summed E-state index contributed by atoms with van der Waals surface area (Å²) in [5.74, 6) is 0.210. The number of carbonyl (C=O) groups excluding carboxylic acids is 1. The summed E-state index contributed by atoms with van der Waals surface area (Å²) in [6.07, 6.45) is 0. The van der Waals surface area contributed by atoms with Gasteiger partial charge >= 0.3 is 0 Å². The standard InChI is InChI=1S/C26H30N2O4S/c1-18-13-20(3)26(21(4)14-18)27-25(29)17-28(16-22-9-7-6-8-10-22)33(30,31)23-11-12-24(32-5)19(2)15-23/h6-15H,16-17H2,1-5H3,(H,27,29). The Labute approximate surface area is 196 Å². The molecule has 3 aromatic rings. The summed E-state index contributed by atoms with van der Waals surface area (Å²) in [5, 5.41) is 2.91. The van der Waals surface area contributed by atoms with E-state index >= 15 is 0 Å². The van der Waals surface area contributed by atoms with Gasteiger partial charge in [0.1, 0.15) is 5.75 Å². The molecule has 0 aromatic heterocycles. The second kappa shape index (κ2) is 10.2. The normalized spacial score (nSPS) is 11.5. The van der Waals surface area contributed by atoms with Crippen LogP contribution in [0.5, 0.6) is 5.75 Å². The van der Waals surface area contributed by atoms with Crippen LogP contribution in [0.15, 0.2) is 65.6 Å². The number of nitrogens with one attached hydrogen (secondary N) is 1. The van der Waals surface area contributed by atoms with Crippen molar-refractivity contribution < 1.29 is 17.9 Å². The Morgan fingerprint density at radius 2 is 1.55 bits per heavy atom. The number of ether oxygens (including phenoxy) is 1. The predicted molar refractivity (Wildman–Crippen MR) is 131 cm³/mol. The van der Waals surface area contributed by atoms with Gasteiger partial charge in [-0.15, -0.1) is 0 Å². The molecule has 3 rings (SSSR count). The zero-order valence-electron chi connectivity index (χ0n) is 19.7. The first-order valence-corrected chi connectivity index (χ1v) is 12.1. The molecule has 0 fully saturated rings. The van der Waals surface area contributed by atoms with E-state index in [0.29, 0.717) is 17.0 Å². The number of amides is 1. The van der Waals surface area contributed by atoms with E-state index in [1.54, 1.807) is 19.1 Å². The van der Waals surface area contributed by atoms with Crippen molar-refractivity contribution in [2.75, 3.05) is 19.0 Å². The molecule has 174 valence electrons. The molecule has 0 atom stereocenters. The predicted octanol–water partition coefficient (Wildman–Crippen LogP) is 4.76. The highest BCUT2D eigenvalue weighted by Gasteiger charge is 2.28. The maximum Gasteiger partial charge on any atom is 0.243 e. The first-order valence-electron chi connectivity index (χ1n) is 10.7. The van der Waals surface area contributed by atoms with Gasteiger partial charge in [-0.1, -0.05) is 48.0 Å². The fraction of sp³-hybridized carbons (Fsp3) is 0.269. The molecule has 0 aliphatic rings. The zero-order chi connectivity index (χ0) is 24.2. The monoisotopic (exact) mass is 466 g/mol. The van der Waals surface area contributed by atoms with Gasteiger partial charge in [0.05, 0.1) is 18.6 Å². The van der Waals surface area contributed by atoms with Gasteiger partial charge in [-0.2, -0.15) is 4.31 Å². The minimum atomic E-state index is -3.94. The molecule has 0 saturated heterocycles. The number of aryl methyl sites for hydroxylation is 4. The summed E-state index contributed by atoms with van der Waals surface area (Å²) in [5.41, 5.74) is 5.18. The van der Waals surface area contributed by atoms with Gasteiger partial charge in [0.25, 0.3) is 0 Å². The van der Waals surface area contributed by atoms with Crippen LogP contribution in [0.25, 0.3) is 0 Å². The first kappa shape index (κ1) is 24.5. The fourth-order valence-electron chi connectivity index (χ4n) is 3.89. The molecular formula is C26H30N2O4S. The zero-order valence-corrected chi connectivity index (χ0v) is 20.5. The van der Waals surface area contributed by atoms with Gasteiger partial charge in [-0.25, -0.2) is 8.42 Å². The van der Waals surface area contributed by atoms with Crippen LogP contribution in [0, 0.1) is 27.7 Å². The number of anilines is 1. The Bertz CT molecular complexity index is 1230. The van der Waals surface area contributed by atoms with E-state index in [2.05, 4.69) is 5.32 Å². The van der Waals surface area contributed by atoms with E-state index in [9.17, 15) is 13.2 Å². The van der Waals surface area contributed by atoms with Crippen LogP contribution in [-0.4, -0.2) is 32.3 Å². The molecule has 1 N–H and O–H groups in total. The van der Waals surface area contributed by atoms with E-state index in [1.807, 2.05) is 63.2 Å². The van der Waals surface area contributed by atoms with Gasteiger partial charge in [-0.05, 0) is 68.1 Å². The number of benzene rings is 3. The van der Waals surface area contributed by atoms with Gasteiger partial charge in [-0.3, -0.25) is 4.79 Å². The lowest BCUT2D eigenvalue weighted by Crippen LogP contribution is -2.37. The molecule has 3 aromatic carbocycles. The molecule has 0 heterocycles. The van der Waals surface area contributed by atoms with Crippen molar-refractivity contribution in [1.29, 1.82) is 0 Å². The maximum absolute atomic E-state index is 13.6. The highest BCUT2D eigenvalue weighted by atomic mass is 32.2. The third kappa shape index (κ3) is 5.80. The minimum Gasteiger partial charge on any atom is -0.496 e. The van der Waals surface area contributed by atoms with Crippen molar-refractivity contribution >= 4 is 21.6 Å². The van der Waals surface area contributed by atoms with E-state index in [4.69, 9.17) is 4.74 Å².